The predicted octanol–water partition coefficient (Wildman–Crippen LogP) is 4.91. The van der Waals surface area contributed by atoms with Crippen molar-refractivity contribution in [3.05, 3.63) is 48.3 Å². The minimum atomic E-state index is -0.299. The van der Waals surface area contributed by atoms with E-state index in [1.54, 1.807) is 18.2 Å². The highest BCUT2D eigenvalue weighted by molar-refractivity contribution is 5.93. The van der Waals surface area contributed by atoms with Gasteiger partial charge in [-0.3, -0.25) is 4.79 Å². The molecule has 2 atom stereocenters. The van der Waals surface area contributed by atoms with E-state index < -0.39 is 0 Å². The van der Waals surface area contributed by atoms with Crippen molar-refractivity contribution in [3.63, 3.8) is 0 Å². The van der Waals surface area contributed by atoms with Crippen molar-refractivity contribution < 1.29 is 13.6 Å². The third-order valence-corrected chi connectivity index (χ3v) is 5.81. The number of rotatable bonds is 4. The van der Waals surface area contributed by atoms with Crippen LogP contribution in [0.4, 0.5) is 10.1 Å². The van der Waals surface area contributed by atoms with Crippen LogP contribution in [-0.4, -0.2) is 23.0 Å². The van der Waals surface area contributed by atoms with Gasteiger partial charge in [-0.05, 0) is 68.0 Å². The smallest absolute Gasteiger partial charge is 0.227 e. The van der Waals surface area contributed by atoms with E-state index in [9.17, 15) is 9.18 Å². The third kappa shape index (κ3) is 4.28. The highest BCUT2D eigenvalue weighted by Gasteiger charge is 2.34. The summed E-state index contributed by atoms with van der Waals surface area (Å²) < 4.78 is 18.9. The quantitative estimate of drug-likeness (QED) is 0.635. The van der Waals surface area contributed by atoms with Gasteiger partial charge in [-0.1, -0.05) is 0 Å². The average molecular weight is 416 g/mol. The lowest BCUT2D eigenvalue weighted by Gasteiger charge is -2.28. The fraction of sp³-hybridized carbons (Fsp3) is 0.364. The molecule has 2 aromatic carbocycles. The molecule has 152 valence electrons. The van der Waals surface area contributed by atoms with Crippen molar-refractivity contribution in [2.75, 3.05) is 5.32 Å². The number of hydrogen-bond donors (Lipinski definition) is 2. The van der Waals surface area contributed by atoms with Crippen molar-refractivity contribution in [3.8, 4) is 11.5 Å². The van der Waals surface area contributed by atoms with E-state index >= 15 is 0 Å². The van der Waals surface area contributed by atoms with Crippen LogP contribution in [0.5, 0.6) is 0 Å². The number of nitrogens with one attached hydrogen (secondary N) is 2. The summed E-state index contributed by atoms with van der Waals surface area (Å²) >= 11 is 0. The Kier molecular flexibility index (Phi) is 5.56. The average Bonchev–Trinajstić information content (AvgIpc) is 3.24. The fourth-order valence-electron chi connectivity index (χ4n) is 4.53. The summed E-state index contributed by atoms with van der Waals surface area (Å²) in [6.45, 7) is 0. The van der Waals surface area contributed by atoms with Gasteiger partial charge < -0.3 is 15.1 Å². The minimum absolute atomic E-state index is 0. The summed E-state index contributed by atoms with van der Waals surface area (Å²) in [5.41, 5.74) is 2.71. The van der Waals surface area contributed by atoms with Gasteiger partial charge in [0.2, 0.25) is 11.8 Å². The molecule has 5 rings (SSSR count). The van der Waals surface area contributed by atoms with Crippen molar-refractivity contribution in [1.82, 2.24) is 10.3 Å². The lowest BCUT2D eigenvalue weighted by molar-refractivity contribution is -0.117. The van der Waals surface area contributed by atoms with E-state index in [0.29, 0.717) is 52.7 Å². The molecule has 0 spiro atoms. The lowest BCUT2D eigenvalue weighted by atomic mass is 9.89. The maximum absolute atomic E-state index is 13.1. The Bertz CT molecular complexity index is 1010. The van der Waals surface area contributed by atoms with Crippen LogP contribution in [0.25, 0.3) is 22.6 Å². The summed E-state index contributed by atoms with van der Waals surface area (Å²) in [4.78, 5) is 16.9. The summed E-state index contributed by atoms with van der Waals surface area (Å²) in [5.74, 6) is 0.636. The molecule has 1 aromatic heterocycles. The number of fused-ring (bicyclic) bond motifs is 3. The Morgan fingerprint density at radius 1 is 1.14 bits per heavy atom. The zero-order chi connectivity index (χ0) is 19.1. The summed E-state index contributed by atoms with van der Waals surface area (Å²) in [5, 5.41) is 6.60. The van der Waals surface area contributed by atoms with Gasteiger partial charge in [-0.25, -0.2) is 9.37 Å². The first-order valence-corrected chi connectivity index (χ1v) is 9.85. The van der Waals surface area contributed by atoms with Crippen LogP contribution in [-0.2, 0) is 4.79 Å². The van der Waals surface area contributed by atoms with Crippen molar-refractivity contribution in [1.29, 1.82) is 0 Å². The van der Waals surface area contributed by atoms with Gasteiger partial charge in [0.25, 0.3) is 0 Å². The largest absolute Gasteiger partial charge is 0.436 e. The van der Waals surface area contributed by atoms with E-state index in [1.807, 2.05) is 12.1 Å². The first-order valence-electron chi connectivity index (χ1n) is 9.85. The maximum Gasteiger partial charge on any atom is 0.227 e. The van der Waals surface area contributed by atoms with Crippen LogP contribution < -0.4 is 10.6 Å². The summed E-state index contributed by atoms with van der Waals surface area (Å²) in [7, 11) is 0. The molecule has 1 amide bonds. The number of benzene rings is 2. The molecule has 5 nitrogen and oxygen atoms in total. The number of nitrogens with zero attached hydrogens (tertiary/aromatic N) is 1. The molecule has 2 saturated heterocycles. The van der Waals surface area contributed by atoms with Crippen LogP contribution in [0.3, 0.4) is 0 Å². The molecule has 3 heterocycles. The maximum atomic E-state index is 13.1. The first kappa shape index (κ1) is 19.9. The zero-order valence-electron chi connectivity index (χ0n) is 15.9. The van der Waals surface area contributed by atoms with Crippen LogP contribution in [0.2, 0.25) is 0 Å². The number of amides is 1. The Hall–Kier alpha value is -2.44. The van der Waals surface area contributed by atoms with Gasteiger partial charge in [0.15, 0.2) is 5.58 Å². The van der Waals surface area contributed by atoms with E-state index in [1.165, 1.54) is 25.0 Å². The van der Waals surface area contributed by atoms with Gasteiger partial charge >= 0.3 is 0 Å². The van der Waals surface area contributed by atoms with Crippen molar-refractivity contribution in [2.24, 2.45) is 5.92 Å². The highest BCUT2D eigenvalue weighted by Crippen LogP contribution is 2.33. The number of halogens is 2. The number of carbonyl (C=O) groups excluding carboxylic acids is 1. The van der Waals surface area contributed by atoms with E-state index in [4.69, 9.17) is 4.42 Å². The second-order valence-corrected chi connectivity index (χ2v) is 7.94. The normalized spacial score (nSPS) is 23.0. The number of anilines is 1. The standard InChI is InChI=1S/C22H22FN3O2.ClH/c23-15-3-1-14(2-4-15)22-26-19-8-7-18(12-20(19)28-22)25-21(27)11-13-9-16-5-6-17(10-13)24-16;/h1-4,7-8,12-13,16-17,24H,5-6,9-11H2,(H,25,27);1H. The molecular formula is C22H23ClFN3O2. The monoisotopic (exact) mass is 415 g/mol. The molecule has 2 aliphatic rings. The Balaban J connectivity index is 0.00000205. The van der Waals surface area contributed by atoms with Crippen LogP contribution in [0, 0.1) is 11.7 Å². The molecule has 0 radical (unpaired) electrons. The molecule has 3 aromatic rings. The van der Waals surface area contributed by atoms with Crippen LogP contribution >= 0.6 is 12.4 Å². The number of oxazole rings is 1. The zero-order valence-corrected chi connectivity index (χ0v) is 16.7. The molecule has 2 aliphatic heterocycles. The van der Waals surface area contributed by atoms with Crippen molar-refractivity contribution >= 4 is 35.1 Å². The fourth-order valence-corrected chi connectivity index (χ4v) is 4.53. The topological polar surface area (TPSA) is 67.2 Å². The number of aromatic nitrogens is 1. The Morgan fingerprint density at radius 3 is 2.59 bits per heavy atom. The van der Waals surface area contributed by atoms with Crippen LogP contribution in [0.1, 0.15) is 32.1 Å². The first-order chi connectivity index (χ1) is 13.6. The van der Waals surface area contributed by atoms with Crippen LogP contribution in [0.15, 0.2) is 46.9 Å². The molecule has 2 fully saturated rings. The van der Waals surface area contributed by atoms with Gasteiger partial charge in [0.05, 0.1) is 0 Å². The molecule has 2 bridgehead atoms. The molecule has 29 heavy (non-hydrogen) atoms. The Labute approximate surface area is 174 Å². The van der Waals surface area contributed by atoms with Gasteiger partial charge in [0.1, 0.15) is 11.3 Å². The van der Waals surface area contributed by atoms with E-state index in [0.717, 1.165) is 12.8 Å². The molecule has 2 N–H and O–H groups in total. The molecule has 7 heteroatoms. The highest BCUT2D eigenvalue weighted by atomic mass is 35.5. The predicted molar refractivity (Wildman–Crippen MR) is 113 cm³/mol. The number of carbonyl (C=O) groups is 1. The molecule has 0 aliphatic carbocycles. The molecule has 0 saturated carbocycles. The third-order valence-electron chi connectivity index (χ3n) is 5.81. The van der Waals surface area contributed by atoms with Gasteiger partial charge in [-0.2, -0.15) is 0 Å². The van der Waals surface area contributed by atoms with Gasteiger partial charge in [-0.15, -0.1) is 12.4 Å². The Morgan fingerprint density at radius 2 is 1.86 bits per heavy atom. The van der Waals surface area contributed by atoms with E-state index in [-0.39, 0.29) is 24.1 Å². The number of hydrogen-bond acceptors (Lipinski definition) is 4. The summed E-state index contributed by atoms with van der Waals surface area (Å²) in [6, 6.07) is 12.7. The second-order valence-electron chi connectivity index (χ2n) is 7.94. The second kappa shape index (κ2) is 8.13. The van der Waals surface area contributed by atoms with Gasteiger partial charge in [0, 0.05) is 35.8 Å². The molecular weight excluding hydrogens is 393 g/mol. The lowest BCUT2D eigenvalue weighted by Crippen LogP contribution is -2.39. The molecule has 2 unspecified atom stereocenters. The number of piperidine rings is 1. The minimum Gasteiger partial charge on any atom is -0.436 e. The van der Waals surface area contributed by atoms with Crippen molar-refractivity contribution in [2.45, 2.75) is 44.2 Å². The van der Waals surface area contributed by atoms with E-state index in [2.05, 4.69) is 15.6 Å². The SMILES string of the molecule is Cl.O=C(CC1CC2CCC(C1)N2)Nc1ccc2nc(-c3ccc(F)cc3)oc2c1. The summed E-state index contributed by atoms with van der Waals surface area (Å²) in [6.07, 6.45) is 5.21.